The Morgan fingerprint density at radius 1 is 0.571 bits per heavy atom. The van der Waals surface area contributed by atoms with E-state index in [4.69, 9.17) is 44.2 Å². The van der Waals surface area contributed by atoms with Gasteiger partial charge in [-0.05, 0) is 106 Å². The third-order valence-corrected chi connectivity index (χ3v) is 20.6. The van der Waals surface area contributed by atoms with E-state index >= 15 is 0 Å². The number of aliphatic hydroxyl groups is 3. The molecule has 5 atom stereocenters. The number of imide groups is 9. The fraction of sp³-hybridized carbons (Fsp3) is 0.603. The number of likely N-dealkylation sites (tertiary alicyclic amines) is 3. The summed E-state index contributed by atoms with van der Waals surface area (Å²) in [6.45, 7) is 27.4. The molecule has 0 spiro atoms. The van der Waals surface area contributed by atoms with Crippen LogP contribution in [0, 0.1) is 0 Å². The second-order valence-electron chi connectivity index (χ2n) is 27.7. The number of alkyl halides is 1. The van der Waals surface area contributed by atoms with Gasteiger partial charge in [-0.25, -0.2) is 52.7 Å². The first kappa shape index (κ1) is 93.1. The largest absolute Gasteiger partial charge is 0.479 e. The minimum absolute atomic E-state index is 0.0159. The lowest BCUT2D eigenvalue weighted by Gasteiger charge is -2.36. The predicted molar refractivity (Wildman–Crippen MR) is 374 cm³/mol. The van der Waals surface area contributed by atoms with E-state index in [0.717, 1.165) is 27.4 Å². The summed E-state index contributed by atoms with van der Waals surface area (Å²) in [6, 6.07) is -2.44. The molecule has 11 amide bonds. The Kier molecular flexibility index (Phi) is 34.3. The number of ether oxygens (including phenoxy) is 3. The number of H-pyrrole nitrogens is 2. The number of nitrogens with two attached hydrogens (primary N) is 1. The summed E-state index contributed by atoms with van der Waals surface area (Å²) in [7, 11) is 5.68. The van der Waals surface area contributed by atoms with Gasteiger partial charge in [-0.2, -0.15) is 14.7 Å². The van der Waals surface area contributed by atoms with Gasteiger partial charge in [0.25, 0.3) is 17.7 Å². The number of carbonyl (C=O) groups excluding carboxylic acids is 10. The first-order valence-electron chi connectivity index (χ1n) is 32.1. The molecule has 7 heterocycles. The normalized spacial score (nSPS) is 16.8. The number of halogens is 1. The van der Waals surface area contributed by atoms with E-state index in [0.29, 0.717) is 32.5 Å². The predicted octanol–water partition coefficient (Wildman–Crippen LogP) is 2.32. The highest BCUT2D eigenvalue weighted by atomic mass is 79.9. The Balaban J connectivity index is 0.000000659. The van der Waals surface area contributed by atoms with Gasteiger partial charge in [-0.15, -0.1) is 0 Å². The summed E-state index contributed by atoms with van der Waals surface area (Å²) in [5.41, 5.74) is 2.70. The van der Waals surface area contributed by atoms with Crippen molar-refractivity contribution < 1.29 is 112 Å². The van der Waals surface area contributed by atoms with E-state index in [2.05, 4.69) is 70.8 Å². The summed E-state index contributed by atoms with van der Waals surface area (Å²) in [6.07, 6.45) is -0.0318. The number of hydrogen-bond donors (Lipinski definition) is 10. The Morgan fingerprint density at radius 2 is 0.914 bits per heavy atom. The molecule has 0 saturated carbocycles. The van der Waals surface area contributed by atoms with Gasteiger partial charge in [0.2, 0.25) is 17.7 Å². The average molecular weight is 1580 g/mol. The molecule has 105 heavy (non-hydrogen) atoms. The number of aromatic amines is 2. The van der Waals surface area contributed by atoms with Gasteiger partial charge in [-0.1, -0.05) is 43.6 Å². The molecule has 0 radical (unpaired) electrons. The molecule has 0 bridgehead atoms. The number of aliphatic carboxylic acids is 2. The van der Waals surface area contributed by atoms with Crippen LogP contribution in [0.4, 0.5) is 19.2 Å². The minimum atomic E-state index is -2.27. The molecule has 4 aromatic heterocycles. The van der Waals surface area contributed by atoms with Crippen molar-refractivity contribution >= 4 is 102 Å². The monoisotopic (exact) mass is 1580 g/mol. The lowest BCUT2D eigenvalue weighted by molar-refractivity contribution is -0.165. The quantitative estimate of drug-likeness (QED) is 0.0446. The van der Waals surface area contributed by atoms with Gasteiger partial charge in [0.05, 0.1) is 29.4 Å². The van der Waals surface area contributed by atoms with Crippen molar-refractivity contribution in [3.8, 4) is 0 Å². The number of nitrogens with one attached hydrogen (secondary N) is 3. The first-order chi connectivity index (χ1) is 47.9. The summed E-state index contributed by atoms with van der Waals surface area (Å²) in [5, 5.41) is 52.3. The number of aromatic nitrogens is 8. The van der Waals surface area contributed by atoms with Crippen LogP contribution < -0.4 is 33.8 Å². The number of primary amides is 1. The smallest absolute Gasteiger partial charge is 0.424 e. The molecule has 4 aromatic rings. The first-order valence-corrected chi connectivity index (χ1v) is 35.9. The molecular weight excluding hydrogens is 1480 g/mol. The molecule has 588 valence electrons. The fourth-order valence-electron chi connectivity index (χ4n) is 8.41. The number of aryl methyl sites for hydroxylation is 1. The van der Waals surface area contributed by atoms with Crippen LogP contribution in [0.2, 0.25) is 18.1 Å². The summed E-state index contributed by atoms with van der Waals surface area (Å²) >= 11 is 3.12. The number of piperidine rings is 3. The Hall–Kier alpha value is -9.91. The van der Waals surface area contributed by atoms with Crippen LogP contribution in [0.1, 0.15) is 168 Å². The molecule has 42 heteroatoms. The van der Waals surface area contributed by atoms with Crippen LogP contribution in [0.25, 0.3) is 0 Å². The van der Waals surface area contributed by atoms with Gasteiger partial charge in [0, 0.05) is 85.0 Å². The number of amides is 11. The minimum Gasteiger partial charge on any atom is -0.479 e. The summed E-state index contributed by atoms with van der Waals surface area (Å²) in [5.74, 6) is -8.54. The molecule has 3 unspecified atom stereocenters. The molecule has 3 aliphatic heterocycles. The molecule has 40 nitrogen and oxygen atoms in total. The molecule has 0 aliphatic carbocycles. The molecule has 7 rings (SSSR count). The lowest BCUT2D eigenvalue weighted by Crippen LogP contribution is -2.51. The van der Waals surface area contributed by atoms with Crippen LogP contribution in [-0.2, 0) is 105 Å². The zero-order valence-electron chi connectivity index (χ0n) is 62.3. The van der Waals surface area contributed by atoms with Gasteiger partial charge in [-0.3, -0.25) is 56.2 Å². The van der Waals surface area contributed by atoms with Gasteiger partial charge in [0.15, 0.2) is 20.5 Å². The van der Waals surface area contributed by atoms with Crippen molar-refractivity contribution in [3.63, 3.8) is 0 Å². The topological polar surface area (TPSA) is 557 Å². The highest BCUT2D eigenvalue weighted by Crippen LogP contribution is 2.37. The van der Waals surface area contributed by atoms with Gasteiger partial charge < -0.3 is 70.3 Å². The van der Waals surface area contributed by atoms with Crippen molar-refractivity contribution in [3.05, 3.63) is 89.5 Å². The number of aromatic carboxylic acids is 1. The number of carboxylic acid groups (broad SMARTS) is 3. The SMILES string of the molecule is CC(C)(C)OC(=O)N1C(=O)CCC(Br)C1=O.CCc1c[nH]c(=O)n1C.CNC(N)=O.Cn1c(C(=O)O)c[nH]c1=O.Cn1c(CO)cn(C2CCC(=O)N(C(=O)OC(C)(C)C)C2=O)c1=O.Cn1c(CO[Si](C)(C)C(C)(C)C)cn(C2CCC(=O)N(C(=O)OC(C)(C)C)C2=O)c1=O.O=C(O)[C@@H](O)[C@H](O)C(=O)O. The number of hydrogen-bond acceptors (Lipinski definition) is 24. The zero-order chi connectivity index (χ0) is 81.8. The van der Waals surface area contributed by atoms with E-state index < -0.39 is 149 Å². The number of nitrogens with zero attached hydrogens (tertiary/aromatic N) is 9. The average Bonchev–Trinajstić information content (AvgIpc) is 1.73. The van der Waals surface area contributed by atoms with Crippen LogP contribution in [0.3, 0.4) is 0 Å². The van der Waals surface area contributed by atoms with Crippen molar-refractivity contribution in [1.29, 1.82) is 0 Å². The van der Waals surface area contributed by atoms with Crippen LogP contribution in [0.5, 0.6) is 0 Å². The van der Waals surface area contributed by atoms with Crippen LogP contribution >= 0.6 is 15.9 Å². The second kappa shape index (κ2) is 38.7. The molecule has 0 aromatic carbocycles. The van der Waals surface area contributed by atoms with E-state index in [1.165, 1.54) is 41.0 Å². The van der Waals surface area contributed by atoms with Crippen LogP contribution in [-0.4, -0.2) is 210 Å². The van der Waals surface area contributed by atoms with Crippen LogP contribution in [0.15, 0.2) is 44.0 Å². The highest BCUT2D eigenvalue weighted by molar-refractivity contribution is 9.10. The number of carbonyl (C=O) groups is 13. The number of urea groups is 1. The molecule has 11 N–H and O–H groups in total. The van der Waals surface area contributed by atoms with Crippen molar-refractivity contribution in [1.82, 2.24) is 57.4 Å². The number of carboxylic acids is 3. The van der Waals surface area contributed by atoms with E-state index in [9.17, 15) is 86.6 Å². The molecule has 3 saturated heterocycles. The third-order valence-electron chi connectivity index (χ3n) is 15.3. The zero-order valence-corrected chi connectivity index (χ0v) is 64.9. The molecule has 3 fully saturated rings. The van der Waals surface area contributed by atoms with Crippen molar-refractivity contribution in [2.45, 2.75) is 212 Å². The Morgan fingerprint density at radius 3 is 1.18 bits per heavy atom. The maximum atomic E-state index is 13.0. The van der Waals surface area contributed by atoms with Gasteiger partial charge >= 0.3 is 65.0 Å². The molecule has 3 aliphatic rings. The fourth-order valence-corrected chi connectivity index (χ4v) is 9.78. The van der Waals surface area contributed by atoms with Crippen molar-refractivity contribution in [2.24, 2.45) is 33.9 Å². The summed E-state index contributed by atoms with van der Waals surface area (Å²) < 4.78 is 29.2. The van der Waals surface area contributed by atoms with E-state index in [1.807, 2.05) is 6.92 Å². The number of aliphatic hydroxyl groups excluding tert-OH is 3. The highest BCUT2D eigenvalue weighted by Gasteiger charge is 2.45. The maximum Gasteiger partial charge on any atom is 0.424 e. The maximum absolute atomic E-state index is 13.0. The molecular formula is C63H98BrN13O27Si. The Bertz CT molecular complexity index is 4050. The Labute approximate surface area is 611 Å². The summed E-state index contributed by atoms with van der Waals surface area (Å²) in [4.78, 5) is 201. The van der Waals surface area contributed by atoms with Crippen molar-refractivity contribution in [2.75, 3.05) is 7.05 Å². The number of rotatable bonds is 11. The van der Waals surface area contributed by atoms with E-state index in [-0.39, 0.29) is 61.7 Å². The van der Waals surface area contributed by atoms with E-state index in [1.54, 1.807) is 93.4 Å². The third kappa shape index (κ3) is 27.3. The lowest BCUT2D eigenvalue weighted by atomic mass is 10.0. The standard InChI is InChI=1S/C21H35N3O6Si.C15H21N3O6.C10H14BrNO4.C6H10N2O.C5H6N2O3.C4H6O6.C2H6N2O/c1-20(2,3)30-19(28)24-16(25)11-10-15(17(24)26)23-12-14(22(7)18(23)27)13-29-31(8,9)21(4,5)6;1-15(2,3)24-14(23)18-11(20)6-5-10(12(18)21)17-7-9(8-19)16(4)13(17)22;1-10(2,3)16-9(15)12-7(13)5-4-6(11)8(12)14;1-3-5-4-7-6(9)8(5)2;1-7-3(4(8)9)2-6-5(7)10;5-1(3(7)8)2(6)4(9)10;1-4-2(3)5/h12,15H,10-11,13H2,1-9H3;7,10,19H,5-6,8H2,1-4H3;6H,4-5H2,1-3H3;4H,3H2,1-2H3,(H,7,9);2H,1H3,(H,6,10)(H,8,9);1-2,5-6H,(H,7,8)(H,9,10);1H3,(H3,3,4,5)/t;;;;;1-,2-;/m.....0./s1. The van der Waals surface area contributed by atoms with Gasteiger partial charge in [0.1, 0.15) is 34.6 Å². The number of imidazole rings is 4. The second-order valence-corrected chi connectivity index (χ2v) is 33.6.